The molecule has 0 aromatic heterocycles. The molecule has 1 atom stereocenters. The van der Waals surface area contributed by atoms with Gasteiger partial charge in [0.15, 0.2) is 5.96 Å². The van der Waals surface area contributed by atoms with Crippen LogP contribution in [0.2, 0.25) is 0 Å². The van der Waals surface area contributed by atoms with E-state index in [4.69, 9.17) is 15.5 Å². The smallest absolute Gasteiger partial charge is 0.221 e. The SMILES string of the molecule is CCNC(=NCc1ccccc1OCC1CC1)NCCCN1CCCC(C(N)=O)C1.I. The van der Waals surface area contributed by atoms with E-state index in [2.05, 4.69) is 28.5 Å². The van der Waals surface area contributed by atoms with Crippen molar-refractivity contribution in [3.8, 4) is 5.75 Å². The number of nitrogens with one attached hydrogen (secondary N) is 2. The van der Waals surface area contributed by atoms with Crippen molar-refractivity contribution in [1.82, 2.24) is 15.5 Å². The number of likely N-dealkylation sites (tertiary alicyclic amines) is 1. The number of aliphatic imine (C=N–C) groups is 1. The Bertz CT molecular complexity index is 711. The standard InChI is InChI=1S/C23H37N5O2.HI/c1-2-25-23(26-12-6-14-28-13-5-8-20(16-28)22(24)29)27-15-19-7-3-4-9-21(19)30-17-18-10-11-18;/h3-4,7,9,18,20H,2,5-6,8,10-17H2,1H3,(H2,24,29)(H2,25,26,27);1H. The molecule has 7 nitrogen and oxygen atoms in total. The van der Waals surface area contributed by atoms with Gasteiger partial charge < -0.3 is 26.0 Å². The maximum Gasteiger partial charge on any atom is 0.221 e. The number of amides is 1. The lowest BCUT2D eigenvalue weighted by molar-refractivity contribution is -0.123. The summed E-state index contributed by atoms with van der Waals surface area (Å²) in [5.41, 5.74) is 6.59. The first kappa shape index (κ1) is 25.7. The number of nitrogens with two attached hydrogens (primary N) is 1. The maximum absolute atomic E-state index is 11.4. The van der Waals surface area contributed by atoms with Gasteiger partial charge in [-0.2, -0.15) is 0 Å². The van der Waals surface area contributed by atoms with E-state index in [-0.39, 0.29) is 35.8 Å². The molecule has 4 N–H and O–H groups in total. The number of para-hydroxylation sites is 1. The second kappa shape index (κ2) is 13.8. The Morgan fingerprint density at radius 1 is 1.26 bits per heavy atom. The molecule has 174 valence electrons. The molecule has 1 aliphatic heterocycles. The summed E-state index contributed by atoms with van der Waals surface area (Å²) in [6.45, 7) is 7.93. The van der Waals surface area contributed by atoms with E-state index in [0.29, 0.717) is 6.54 Å². The van der Waals surface area contributed by atoms with Gasteiger partial charge >= 0.3 is 0 Å². The molecular weight excluding hydrogens is 505 g/mol. The van der Waals surface area contributed by atoms with E-state index >= 15 is 0 Å². The third-order valence-electron chi connectivity index (χ3n) is 5.75. The molecule has 0 radical (unpaired) electrons. The second-order valence-electron chi connectivity index (χ2n) is 8.38. The molecule has 1 heterocycles. The van der Waals surface area contributed by atoms with Gasteiger partial charge in [0.1, 0.15) is 5.75 Å². The Morgan fingerprint density at radius 3 is 2.81 bits per heavy atom. The quantitative estimate of drug-likeness (QED) is 0.173. The van der Waals surface area contributed by atoms with Gasteiger partial charge in [0, 0.05) is 25.2 Å². The molecule has 1 aliphatic carbocycles. The van der Waals surface area contributed by atoms with Crippen molar-refractivity contribution in [3.05, 3.63) is 29.8 Å². The van der Waals surface area contributed by atoms with Gasteiger partial charge in [0.25, 0.3) is 0 Å². The highest BCUT2D eigenvalue weighted by Crippen LogP contribution is 2.30. The zero-order valence-electron chi connectivity index (χ0n) is 18.6. The van der Waals surface area contributed by atoms with Crippen molar-refractivity contribution >= 4 is 35.8 Å². The van der Waals surface area contributed by atoms with Crippen LogP contribution in [-0.4, -0.2) is 56.1 Å². The number of carbonyl (C=O) groups is 1. The molecule has 0 bridgehead atoms. The third-order valence-corrected chi connectivity index (χ3v) is 5.75. The maximum atomic E-state index is 11.4. The normalized spacial score (nSPS) is 19.4. The number of hydrogen-bond acceptors (Lipinski definition) is 4. The number of primary amides is 1. The van der Waals surface area contributed by atoms with Gasteiger partial charge in [-0.25, -0.2) is 4.99 Å². The van der Waals surface area contributed by atoms with Crippen LogP contribution in [0.1, 0.15) is 44.6 Å². The lowest BCUT2D eigenvalue weighted by Crippen LogP contribution is -2.43. The predicted octanol–water partition coefficient (Wildman–Crippen LogP) is 2.74. The first-order valence-electron chi connectivity index (χ1n) is 11.4. The van der Waals surface area contributed by atoms with Crippen LogP contribution in [0, 0.1) is 11.8 Å². The van der Waals surface area contributed by atoms with E-state index in [1.165, 1.54) is 12.8 Å². The summed E-state index contributed by atoms with van der Waals surface area (Å²) in [6.07, 6.45) is 5.54. The van der Waals surface area contributed by atoms with Crippen LogP contribution < -0.4 is 21.1 Å². The number of ether oxygens (including phenoxy) is 1. The molecule has 2 fully saturated rings. The van der Waals surface area contributed by atoms with Gasteiger partial charge in [-0.3, -0.25) is 4.79 Å². The Balaban J connectivity index is 0.00000341. The molecule has 1 aromatic rings. The minimum Gasteiger partial charge on any atom is -0.493 e. The molecule has 1 aromatic carbocycles. The van der Waals surface area contributed by atoms with Crippen LogP contribution in [0.3, 0.4) is 0 Å². The van der Waals surface area contributed by atoms with Gasteiger partial charge in [-0.1, -0.05) is 18.2 Å². The predicted molar refractivity (Wildman–Crippen MR) is 136 cm³/mol. The van der Waals surface area contributed by atoms with Crippen LogP contribution in [0.4, 0.5) is 0 Å². The summed E-state index contributed by atoms with van der Waals surface area (Å²) >= 11 is 0. The van der Waals surface area contributed by atoms with Gasteiger partial charge in [0.2, 0.25) is 5.91 Å². The average molecular weight is 543 g/mol. The molecule has 2 aliphatic rings. The highest BCUT2D eigenvalue weighted by atomic mass is 127. The van der Waals surface area contributed by atoms with Crippen LogP contribution >= 0.6 is 24.0 Å². The van der Waals surface area contributed by atoms with Crippen molar-refractivity contribution < 1.29 is 9.53 Å². The number of guanidine groups is 1. The first-order chi connectivity index (χ1) is 14.7. The fourth-order valence-corrected chi connectivity index (χ4v) is 3.77. The summed E-state index contributed by atoms with van der Waals surface area (Å²) < 4.78 is 6.00. The Labute approximate surface area is 203 Å². The molecular formula is C23H38IN5O2. The minimum absolute atomic E-state index is 0. The molecule has 31 heavy (non-hydrogen) atoms. The molecule has 1 saturated carbocycles. The van der Waals surface area contributed by atoms with Crippen LogP contribution in [-0.2, 0) is 11.3 Å². The second-order valence-corrected chi connectivity index (χ2v) is 8.38. The lowest BCUT2D eigenvalue weighted by Gasteiger charge is -2.31. The Kier molecular flexibility index (Phi) is 11.4. The van der Waals surface area contributed by atoms with Crippen molar-refractivity contribution in [3.63, 3.8) is 0 Å². The number of nitrogens with zero attached hydrogens (tertiary/aromatic N) is 2. The summed E-state index contributed by atoms with van der Waals surface area (Å²) in [7, 11) is 0. The summed E-state index contributed by atoms with van der Waals surface area (Å²) in [4.78, 5) is 18.5. The van der Waals surface area contributed by atoms with Crippen LogP contribution in [0.5, 0.6) is 5.75 Å². The lowest BCUT2D eigenvalue weighted by atomic mass is 9.97. The number of hydrogen-bond donors (Lipinski definition) is 3. The number of halogens is 1. The summed E-state index contributed by atoms with van der Waals surface area (Å²) in [5.74, 6) is 2.34. The van der Waals surface area contributed by atoms with Crippen molar-refractivity contribution in [2.24, 2.45) is 22.6 Å². The first-order valence-corrected chi connectivity index (χ1v) is 11.4. The molecule has 1 saturated heterocycles. The number of piperidine rings is 1. The topological polar surface area (TPSA) is 92.0 Å². The zero-order valence-corrected chi connectivity index (χ0v) is 21.0. The minimum atomic E-state index is -0.166. The fourth-order valence-electron chi connectivity index (χ4n) is 3.77. The van der Waals surface area contributed by atoms with E-state index < -0.39 is 0 Å². The molecule has 0 spiro atoms. The van der Waals surface area contributed by atoms with E-state index in [0.717, 1.165) is 81.8 Å². The average Bonchev–Trinajstić information content (AvgIpc) is 3.59. The number of carbonyl (C=O) groups excluding carboxylic acids is 1. The fraction of sp³-hybridized carbons (Fsp3) is 0.652. The number of benzene rings is 1. The molecule has 8 heteroatoms. The molecule has 3 rings (SSSR count). The highest BCUT2D eigenvalue weighted by Gasteiger charge is 2.23. The monoisotopic (exact) mass is 543 g/mol. The van der Waals surface area contributed by atoms with E-state index in [9.17, 15) is 4.79 Å². The Hall–Kier alpha value is -1.55. The van der Waals surface area contributed by atoms with Gasteiger partial charge in [0.05, 0.1) is 19.1 Å². The molecule has 1 unspecified atom stereocenters. The van der Waals surface area contributed by atoms with Crippen LogP contribution in [0.15, 0.2) is 29.3 Å². The highest BCUT2D eigenvalue weighted by molar-refractivity contribution is 14.0. The summed E-state index contributed by atoms with van der Waals surface area (Å²) in [6, 6.07) is 8.17. The van der Waals surface area contributed by atoms with E-state index in [1.54, 1.807) is 0 Å². The van der Waals surface area contributed by atoms with Crippen molar-refractivity contribution in [1.29, 1.82) is 0 Å². The van der Waals surface area contributed by atoms with Gasteiger partial charge in [-0.05, 0) is 64.1 Å². The van der Waals surface area contributed by atoms with Crippen molar-refractivity contribution in [2.45, 2.75) is 45.6 Å². The van der Waals surface area contributed by atoms with Crippen LogP contribution in [0.25, 0.3) is 0 Å². The zero-order chi connectivity index (χ0) is 21.2. The van der Waals surface area contributed by atoms with Gasteiger partial charge in [-0.15, -0.1) is 24.0 Å². The number of rotatable bonds is 11. The largest absolute Gasteiger partial charge is 0.493 e. The van der Waals surface area contributed by atoms with Crippen molar-refractivity contribution in [2.75, 3.05) is 39.3 Å². The summed E-state index contributed by atoms with van der Waals surface area (Å²) in [5, 5.41) is 6.74. The van der Waals surface area contributed by atoms with E-state index in [1.807, 2.05) is 18.2 Å². The molecule has 1 amide bonds. The third kappa shape index (κ3) is 9.22. The Morgan fingerprint density at radius 2 is 2.06 bits per heavy atom.